The Morgan fingerprint density at radius 1 is 1.06 bits per heavy atom. The van der Waals surface area contributed by atoms with Gasteiger partial charge in [0.25, 0.3) is 5.91 Å². The molecule has 1 amide bonds. The summed E-state index contributed by atoms with van der Waals surface area (Å²) in [4.78, 5) is 12.6. The minimum absolute atomic E-state index is 0.00917. The number of aryl methyl sites for hydroxylation is 1. The van der Waals surface area contributed by atoms with Crippen LogP contribution in [0.3, 0.4) is 0 Å². The Kier molecular flexibility index (Phi) is 5.61. The Bertz CT molecular complexity index is 1160. The van der Waals surface area contributed by atoms with Crippen molar-refractivity contribution in [3.05, 3.63) is 58.9 Å². The van der Waals surface area contributed by atoms with Gasteiger partial charge in [0.05, 0.1) is 15.7 Å². The van der Waals surface area contributed by atoms with E-state index in [9.17, 15) is 31.5 Å². The first kappa shape index (κ1) is 22.8. The first-order valence-electron chi connectivity index (χ1n) is 10.4. The number of amides is 1. The number of fused-ring (bicyclic) bond motifs is 2. The van der Waals surface area contributed by atoms with Crippen LogP contribution in [0.5, 0.6) is 0 Å². The standard InChI is InChI=1S/C23H24F3NO4S/c1-12-3-4-13(22(28)27-16-10-18(24)21(26)19(25)11-16)7-20(12)32(30,31)17-8-14-5-6-15(9-17)23(14,2)29/h3-4,7,10-11,14-15,17,29H,5-6,8-9H2,1-2H3,(H,27,28). The van der Waals surface area contributed by atoms with Gasteiger partial charge in [-0.05, 0) is 69.1 Å². The molecular weight excluding hydrogens is 443 g/mol. The first-order chi connectivity index (χ1) is 14.9. The molecule has 9 heteroatoms. The van der Waals surface area contributed by atoms with Gasteiger partial charge in [-0.25, -0.2) is 21.6 Å². The third kappa shape index (κ3) is 3.81. The van der Waals surface area contributed by atoms with Crippen molar-refractivity contribution >= 4 is 21.4 Å². The summed E-state index contributed by atoms with van der Waals surface area (Å²) in [7, 11) is -3.78. The van der Waals surface area contributed by atoms with Crippen molar-refractivity contribution < 1.29 is 31.5 Å². The SMILES string of the molecule is Cc1ccc(C(=O)Nc2cc(F)c(F)c(F)c2)cc1S(=O)(=O)C1CC2CCC(C1)C2(C)O. The molecule has 2 atom stereocenters. The maximum atomic E-state index is 13.4. The highest BCUT2D eigenvalue weighted by atomic mass is 32.2. The molecule has 0 heterocycles. The molecule has 0 aromatic heterocycles. The number of halogens is 3. The van der Waals surface area contributed by atoms with Crippen molar-refractivity contribution in [3.63, 3.8) is 0 Å². The van der Waals surface area contributed by atoms with Crippen molar-refractivity contribution in [2.75, 3.05) is 5.32 Å². The number of sulfone groups is 1. The van der Waals surface area contributed by atoms with Crippen LogP contribution in [-0.4, -0.2) is 30.3 Å². The number of benzene rings is 2. The van der Waals surface area contributed by atoms with Crippen molar-refractivity contribution in [2.45, 2.75) is 55.3 Å². The molecule has 0 spiro atoms. The second-order valence-electron chi connectivity index (χ2n) is 9.02. The molecule has 2 N–H and O–H groups in total. The lowest BCUT2D eigenvalue weighted by atomic mass is 9.76. The van der Waals surface area contributed by atoms with Gasteiger partial charge >= 0.3 is 0 Å². The summed E-state index contributed by atoms with van der Waals surface area (Å²) >= 11 is 0. The smallest absolute Gasteiger partial charge is 0.255 e. The van der Waals surface area contributed by atoms with Gasteiger partial charge in [-0.15, -0.1) is 0 Å². The zero-order valence-electron chi connectivity index (χ0n) is 17.7. The summed E-state index contributed by atoms with van der Waals surface area (Å²) in [6.07, 6.45) is 2.29. The van der Waals surface area contributed by atoms with Gasteiger partial charge < -0.3 is 10.4 Å². The van der Waals surface area contributed by atoms with Gasteiger partial charge in [-0.3, -0.25) is 4.79 Å². The summed E-state index contributed by atoms with van der Waals surface area (Å²) in [5, 5.41) is 12.3. The van der Waals surface area contributed by atoms with Gasteiger partial charge in [0.2, 0.25) is 0 Å². The number of nitrogens with one attached hydrogen (secondary N) is 1. The molecule has 0 saturated heterocycles. The molecule has 2 aromatic carbocycles. The van der Waals surface area contributed by atoms with Crippen molar-refractivity contribution in [1.82, 2.24) is 0 Å². The Hall–Kier alpha value is -2.39. The van der Waals surface area contributed by atoms with Crippen LogP contribution < -0.4 is 5.32 Å². The highest BCUT2D eigenvalue weighted by Gasteiger charge is 2.53. The lowest BCUT2D eigenvalue weighted by molar-refractivity contribution is -0.0413. The molecular formula is C23H24F3NO4S. The lowest BCUT2D eigenvalue weighted by Gasteiger charge is -2.40. The maximum absolute atomic E-state index is 13.4. The van der Waals surface area contributed by atoms with E-state index in [0.717, 1.165) is 12.8 Å². The monoisotopic (exact) mass is 467 g/mol. The molecule has 2 aliphatic rings. The number of anilines is 1. The van der Waals surface area contributed by atoms with Crippen molar-refractivity contribution in [3.8, 4) is 0 Å². The molecule has 0 aliphatic heterocycles. The molecule has 2 aliphatic carbocycles. The summed E-state index contributed by atoms with van der Waals surface area (Å²) in [5.74, 6) is -5.50. The van der Waals surface area contributed by atoms with Crippen molar-refractivity contribution in [2.24, 2.45) is 11.8 Å². The highest BCUT2D eigenvalue weighted by Crippen LogP contribution is 2.51. The predicted molar refractivity (Wildman–Crippen MR) is 112 cm³/mol. The van der Waals surface area contributed by atoms with Crippen LogP contribution in [0.1, 0.15) is 48.5 Å². The minimum Gasteiger partial charge on any atom is -0.390 e. The molecule has 4 rings (SSSR count). The molecule has 0 radical (unpaired) electrons. The van der Waals surface area contributed by atoms with Crippen LogP contribution in [0.25, 0.3) is 0 Å². The largest absolute Gasteiger partial charge is 0.390 e. The predicted octanol–water partition coefficient (Wildman–Crippen LogP) is 4.38. The highest BCUT2D eigenvalue weighted by molar-refractivity contribution is 7.92. The van der Waals surface area contributed by atoms with Crippen LogP contribution in [0.4, 0.5) is 18.9 Å². The number of hydrogen-bond acceptors (Lipinski definition) is 4. The number of rotatable bonds is 4. The van der Waals surface area contributed by atoms with Gasteiger partial charge in [0.1, 0.15) is 0 Å². The van der Waals surface area contributed by atoms with E-state index in [1.54, 1.807) is 13.8 Å². The molecule has 2 unspecified atom stereocenters. The molecule has 2 saturated carbocycles. The van der Waals surface area contributed by atoms with E-state index in [1.165, 1.54) is 18.2 Å². The normalized spacial score (nSPS) is 27.4. The van der Waals surface area contributed by atoms with E-state index >= 15 is 0 Å². The van der Waals surface area contributed by atoms with E-state index in [-0.39, 0.29) is 28.0 Å². The summed E-state index contributed by atoms with van der Waals surface area (Å²) in [6.45, 7) is 3.41. The van der Waals surface area contributed by atoms with Crippen molar-refractivity contribution in [1.29, 1.82) is 0 Å². The molecule has 5 nitrogen and oxygen atoms in total. The second-order valence-corrected chi connectivity index (χ2v) is 11.2. The number of carbonyl (C=O) groups is 1. The van der Waals surface area contributed by atoms with E-state index < -0.39 is 44.0 Å². The van der Waals surface area contributed by atoms with E-state index in [1.807, 2.05) is 0 Å². The fourth-order valence-electron chi connectivity index (χ4n) is 5.08. The minimum atomic E-state index is -3.78. The molecule has 2 bridgehead atoms. The van der Waals surface area contributed by atoms with E-state index in [0.29, 0.717) is 30.5 Å². The average Bonchev–Trinajstić information content (AvgIpc) is 2.88. The van der Waals surface area contributed by atoms with Crippen LogP contribution in [-0.2, 0) is 9.84 Å². The quantitative estimate of drug-likeness (QED) is 0.654. The fourth-order valence-corrected chi connectivity index (χ4v) is 7.21. The van der Waals surface area contributed by atoms with Crippen LogP contribution in [0.15, 0.2) is 35.2 Å². The van der Waals surface area contributed by atoms with Gasteiger partial charge in [-0.1, -0.05) is 6.07 Å². The number of aliphatic hydroxyl groups is 1. The van der Waals surface area contributed by atoms with Crippen LogP contribution >= 0.6 is 0 Å². The fraction of sp³-hybridized carbons (Fsp3) is 0.435. The van der Waals surface area contributed by atoms with Gasteiger partial charge in [0, 0.05) is 23.4 Å². The van der Waals surface area contributed by atoms with Gasteiger partial charge in [0.15, 0.2) is 27.3 Å². The Morgan fingerprint density at radius 3 is 2.19 bits per heavy atom. The number of carbonyl (C=O) groups excluding carboxylic acids is 1. The van der Waals surface area contributed by atoms with Crippen LogP contribution in [0, 0.1) is 36.2 Å². The molecule has 172 valence electrons. The van der Waals surface area contributed by atoms with Crippen LogP contribution in [0.2, 0.25) is 0 Å². The molecule has 32 heavy (non-hydrogen) atoms. The maximum Gasteiger partial charge on any atom is 0.255 e. The molecule has 2 aromatic rings. The Balaban J connectivity index is 1.61. The second kappa shape index (κ2) is 7.88. The van der Waals surface area contributed by atoms with Gasteiger partial charge in [-0.2, -0.15) is 0 Å². The Labute approximate surface area is 184 Å². The third-order valence-electron chi connectivity index (χ3n) is 7.05. The summed E-state index contributed by atoms with van der Waals surface area (Å²) < 4.78 is 66.9. The first-order valence-corrected chi connectivity index (χ1v) is 12.0. The zero-order chi connectivity index (χ0) is 23.4. The van der Waals surface area contributed by atoms with E-state index in [4.69, 9.17) is 0 Å². The Morgan fingerprint density at radius 2 is 1.62 bits per heavy atom. The topological polar surface area (TPSA) is 83.5 Å². The average molecular weight is 468 g/mol. The van der Waals surface area contributed by atoms with E-state index in [2.05, 4.69) is 5.32 Å². The zero-order valence-corrected chi connectivity index (χ0v) is 18.5. The molecule has 2 fully saturated rings. The summed E-state index contributed by atoms with van der Waals surface area (Å²) in [6, 6.07) is 5.46. The lowest BCUT2D eigenvalue weighted by Crippen LogP contribution is -2.45. The summed E-state index contributed by atoms with van der Waals surface area (Å²) in [5.41, 5.74) is -0.680. The third-order valence-corrected chi connectivity index (χ3v) is 9.36. The number of hydrogen-bond donors (Lipinski definition) is 2.